The molecule has 0 fully saturated rings. The molecule has 2 N–H and O–H groups in total. The number of carbonyl (C=O) groups is 1. The van der Waals surface area contributed by atoms with Crippen LogP contribution in [0.25, 0.3) is 0 Å². The number of anilines is 1. The smallest absolute Gasteiger partial charge is 0.251 e. The zero-order valence-electron chi connectivity index (χ0n) is 13.3. The highest BCUT2D eigenvalue weighted by molar-refractivity contribution is 5.94. The topological polar surface area (TPSA) is 44.4 Å². The Morgan fingerprint density at radius 1 is 1.35 bits per heavy atom. The summed E-state index contributed by atoms with van der Waals surface area (Å²) in [6, 6.07) is 6.26. The Kier molecular flexibility index (Phi) is 6.52. The van der Waals surface area contributed by atoms with Crippen LogP contribution in [-0.2, 0) is 0 Å². The standard InChI is InChI=1S/C16H27N3O/c1-6-17-15-8-7-14(11-13(15)4)16(20)18-9-10-19(5)12(2)3/h7-8,11-12,17H,6,9-10H2,1-5H3,(H,18,20). The van der Waals surface area contributed by atoms with Crippen LogP contribution in [0.4, 0.5) is 5.69 Å². The fourth-order valence-electron chi connectivity index (χ4n) is 1.90. The lowest BCUT2D eigenvalue weighted by Crippen LogP contribution is -2.36. The quantitative estimate of drug-likeness (QED) is 0.805. The minimum Gasteiger partial charge on any atom is -0.385 e. The molecule has 0 aliphatic carbocycles. The molecule has 4 heteroatoms. The first-order valence-electron chi connectivity index (χ1n) is 7.28. The van der Waals surface area contributed by atoms with E-state index in [4.69, 9.17) is 0 Å². The van der Waals surface area contributed by atoms with Gasteiger partial charge in [-0.2, -0.15) is 0 Å². The van der Waals surface area contributed by atoms with Gasteiger partial charge in [0.05, 0.1) is 0 Å². The van der Waals surface area contributed by atoms with E-state index in [2.05, 4.69) is 43.4 Å². The molecule has 0 spiro atoms. The molecule has 0 unspecified atom stereocenters. The van der Waals surface area contributed by atoms with Crippen molar-refractivity contribution in [3.05, 3.63) is 29.3 Å². The largest absolute Gasteiger partial charge is 0.385 e. The Morgan fingerprint density at radius 2 is 2.05 bits per heavy atom. The summed E-state index contributed by atoms with van der Waals surface area (Å²) in [5, 5.41) is 6.24. The molecule has 1 rings (SSSR count). The first-order chi connectivity index (χ1) is 9.45. The molecule has 4 nitrogen and oxygen atoms in total. The van der Waals surface area contributed by atoms with Crippen molar-refractivity contribution in [2.24, 2.45) is 0 Å². The summed E-state index contributed by atoms with van der Waals surface area (Å²) >= 11 is 0. The summed E-state index contributed by atoms with van der Waals surface area (Å²) in [5.74, 6) is -0.00620. The summed E-state index contributed by atoms with van der Waals surface area (Å²) in [6.45, 7) is 10.8. The first kappa shape index (κ1) is 16.5. The van der Waals surface area contributed by atoms with Crippen LogP contribution in [0.5, 0.6) is 0 Å². The van der Waals surface area contributed by atoms with Gasteiger partial charge in [-0.15, -0.1) is 0 Å². The number of amides is 1. The predicted molar refractivity (Wildman–Crippen MR) is 85.4 cm³/mol. The molecule has 1 aromatic rings. The van der Waals surface area contributed by atoms with E-state index in [9.17, 15) is 4.79 Å². The molecule has 0 atom stereocenters. The van der Waals surface area contributed by atoms with Gasteiger partial charge in [-0.1, -0.05) is 0 Å². The van der Waals surface area contributed by atoms with E-state index >= 15 is 0 Å². The number of nitrogens with zero attached hydrogens (tertiary/aromatic N) is 1. The molecule has 0 radical (unpaired) electrons. The van der Waals surface area contributed by atoms with Crippen molar-refractivity contribution >= 4 is 11.6 Å². The highest BCUT2D eigenvalue weighted by Gasteiger charge is 2.08. The summed E-state index contributed by atoms with van der Waals surface area (Å²) < 4.78 is 0. The predicted octanol–water partition coefficient (Wildman–Crippen LogP) is 2.50. The highest BCUT2D eigenvalue weighted by atomic mass is 16.1. The minimum absolute atomic E-state index is 0.00620. The van der Waals surface area contributed by atoms with Gasteiger partial charge in [0.15, 0.2) is 0 Å². The van der Waals surface area contributed by atoms with Crippen molar-refractivity contribution in [2.75, 3.05) is 32.0 Å². The van der Waals surface area contributed by atoms with E-state index < -0.39 is 0 Å². The summed E-state index contributed by atoms with van der Waals surface area (Å²) in [5.41, 5.74) is 2.90. The second-order valence-corrected chi connectivity index (χ2v) is 5.39. The number of likely N-dealkylation sites (N-methyl/N-ethyl adjacent to an activating group) is 1. The molecule has 0 saturated carbocycles. The van der Waals surface area contributed by atoms with Crippen LogP contribution in [0.2, 0.25) is 0 Å². The summed E-state index contributed by atoms with van der Waals surface area (Å²) in [7, 11) is 2.06. The third-order valence-electron chi connectivity index (χ3n) is 3.49. The van der Waals surface area contributed by atoms with Gasteiger partial charge in [0.2, 0.25) is 0 Å². The van der Waals surface area contributed by atoms with Crippen LogP contribution in [0, 0.1) is 6.92 Å². The molecule has 20 heavy (non-hydrogen) atoms. The molecule has 0 aliphatic rings. The van der Waals surface area contributed by atoms with Crippen molar-refractivity contribution in [3.8, 4) is 0 Å². The average Bonchev–Trinajstić information content (AvgIpc) is 2.40. The number of aryl methyl sites for hydroxylation is 1. The van der Waals surface area contributed by atoms with Gasteiger partial charge in [-0.3, -0.25) is 4.79 Å². The van der Waals surface area contributed by atoms with Crippen LogP contribution in [-0.4, -0.2) is 43.5 Å². The summed E-state index contributed by atoms with van der Waals surface area (Å²) in [6.07, 6.45) is 0. The molecule has 1 aromatic carbocycles. The third-order valence-corrected chi connectivity index (χ3v) is 3.49. The Bertz CT molecular complexity index is 443. The number of nitrogens with one attached hydrogen (secondary N) is 2. The molecule has 1 amide bonds. The van der Waals surface area contributed by atoms with Crippen LogP contribution >= 0.6 is 0 Å². The molecule has 112 valence electrons. The number of hydrogen-bond acceptors (Lipinski definition) is 3. The second-order valence-electron chi connectivity index (χ2n) is 5.39. The van der Waals surface area contributed by atoms with E-state index in [1.54, 1.807) is 0 Å². The average molecular weight is 277 g/mol. The first-order valence-corrected chi connectivity index (χ1v) is 7.28. The third kappa shape index (κ3) is 4.85. The van der Waals surface area contributed by atoms with Crippen molar-refractivity contribution in [1.29, 1.82) is 0 Å². The Morgan fingerprint density at radius 3 is 2.60 bits per heavy atom. The Balaban J connectivity index is 2.53. The lowest BCUT2D eigenvalue weighted by molar-refractivity contribution is 0.0948. The lowest BCUT2D eigenvalue weighted by atomic mass is 10.1. The maximum absolute atomic E-state index is 12.1. The number of hydrogen-bond donors (Lipinski definition) is 2. The van der Waals surface area contributed by atoms with Crippen LogP contribution < -0.4 is 10.6 Å². The fourth-order valence-corrected chi connectivity index (χ4v) is 1.90. The van der Waals surface area contributed by atoms with Crippen molar-refractivity contribution < 1.29 is 4.79 Å². The molecule has 0 aromatic heterocycles. The van der Waals surface area contributed by atoms with E-state index in [-0.39, 0.29) is 5.91 Å². The van der Waals surface area contributed by atoms with Gasteiger partial charge in [0, 0.05) is 36.9 Å². The molecular formula is C16H27N3O. The van der Waals surface area contributed by atoms with Gasteiger partial charge in [-0.25, -0.2) is 0 Å². The normalized spacial score (nSPS) is 10.9. The van der Waals surface area contributed by atoms with E-state index in [0.29, 0.717) is 12.6 Å². The zero-order valence-corrected chi connectivity index (χ0v) is 13.3. The summed E-state index contributed by atoms with van der Waals surface area (Å²) in [4.78, 5) is 14.3. The van der Waals surface area contributed by atoms with E-state index in [0.717, 1.165) is 29.9 Å². The molecule has 0 heterocycles. The van der Waals surface area contributed by atoms with Gasteiger partial charge in [0.1, 0.15) is 0 Å². The van der Waals surface area contributed by atoms with Crippen molar-refractivity contribution in [2.45, 2.75) is 33.7 Å². The van der Waals surface area contributed by atoms with Crippen LogP contribution in [0.1, 0.15) is 36.7 Å². The molecular weight excluding hydrogens is 250 g/mol. The molecule has 0 saturated heterocycles. The Hall–Kier alpha value is -1.55. The molecule has 0 bridgehead atoms. The molecule has 0 aliphatic heterocycles. The fraction of sp³-hybridized carbons (Fsp3) is 0.562. The van der Waals surface area contributed by atoms with E-state index in [1.165, 1.54) is 0 Å². The number of carbonyl (C=O) groups excluding carboxylic acids is 1. The van der Waals surface area contributed by atoms with Crippen molar-refractivity contribution in [1.82, 2.24) is 10.2 Å². The van der Waals surface area contributed by atoms with Crippen molar-refractivity contribution in [3.63, 3.8) is 0 Å². The maximum atomic E-state index is 12.1. The van der Waals surface area contributed by atoms with Gasteiger partial charge in [-0.05, 0) is 58.5 Å². The van der Waals surface area contributed by atoms with Gasteiger partial charge >= 0.3 is 0 Å². The van der Waals surface area contributed by atoms with Crippen LogP contribution in [0.3, 0.4) is 0 Å². The highest BCUT2D eigenvalue weighted by Crippen LogP contribution is 2.16. The van der Waals surface area contributed by atoms with E-state index in [1.807, 2.05) is 25.1 Å². The lowest BCUT2D eigenvalue weighted by Gasteiger charge is -2.20. The van der Waals surface area contributed by atoms with Gasteiger partial charge < -0.3 is 15.5 Å². The SMILES string of the molecule is CCNc1ccc(C(=O)NCCN(C)C(C)C)cc1C. The maximum Gasteiger partial charge on any atom is 0.251 e. The van der Waals surface area contributed by atoms with Gasteiger partial charge in [0.25, 0.3) is 5.91 Å². The zero-order chi connectivity index (χ0) is 15.1. The monoisotopic (exact) mass is 277 g/mol. The number of benzene rings is 1. The number of rotatable bonds is 7. The Labute approximate surface area is 122 Å². The second kappa shape index (κ2) is 7.90. The van der Waals surface area contributed by atoms with Crippen LogP contribution in [0.15, 0.2) is 18.2 Å². The minimum atomic E-state index is -0.00620.